The molecule has 0 unspecified atom stereocenters. The van der Waals surface area contributed by atoms with Crippen LogP contribution in [-0.2, 0) is 4.74 Å². The number of amides is 1. The largest absolute Gasteiger partial charge is 0.462 e. The molecular formula is C21H19N3O3. The summed E-state index contributed by atoms with van der Waals surface area (Å²) in [7, 11) is 0. The zero-order valence-electron chi connectivity index (χ0n) is 15.1. The Balaban J connectivity index is 1.79. The minimum absolute atomic E-state index is 0.291. The number of anilines is 1. The summed E-state index contributed by atoms with van der Waals surface area (Å²) in [6.45, 7) is 3.79. The highest BCUT2D eigenvalue weighted by Crippen LogP contribution is 2.17. The van der Waals surface area contributed by atoms with E-state index in [2.05, 4.69) is 15.3 Å². The smallest absolute Gasteiger partial charge is 0.338 e. The minimum Gasteiger partial charge on any atom is -0.462 e. The monoisotopic (exact) mass is 361 g/mol. The predicted molar refractivity (Wildman–Crippen MR) is 103 cm³/mol. The van der Waals surface area contributed by atoms with Crippen molar-refractivity contribution < 1.29 is 14.3 Å². The van der Waals surface area contributed by atoms with E-state index in [4.69, 9.17) is 4.74 Å². The standard InChI is InChI=1S/C21H19N3O3/c1-3-27-21(26)16-10-7-11-17(12-16)24-20(25)18-13-22-19(23-14(18)2)15-8-5-4-6-9-15/h4-13H,3H2,1-2H3,(H,24,25). The molecule has 1 amide bonds. The lowest BCUT2D eigenvalue weighted by Crippen LogP contribution is -2.15. The summed E-state index contributed by atoms with van der Waals surface area (Å²) in [5.41, 5.74) is 2.70. The number of hydrogen-bond donors (Lipinski definition) is 1. The van der Waals surface area contributed by atoms with Crippen molar-refractivity contribution in [1.29, 1.82) is 0 Å². The van der Waals surface area contributed by atoms with Crippen LogP contribution >= 0.6 is 0 Å². The van der Waals surface area contributed by atoms with Gasteiger partial charge in [-0.1, -0.05) is 36.4 Å². The lowest BCUT2D eigenvalue weighted by atomic mass is 10.1. The summed E-state index contributed by atoms with van der Waals surface area (Å²) in [4.78, 5) is 33.1. The van der Waals surface area contributed by atoms with Gasteiger partial charge in [0, 0.05) is 17.4 Å². The molecule has 1 N–H and O–H groups in total. The molecule has 2 aromatic carbocycles. The SMILES string of the molecule is CCOC(=O)c1cccc(NC(=O)c2cnc(-c3ccccc3)nc2C)c1. The number of aryl methyl sites for hydroxylation is 1. The minimum atomic E-state index is -0.430. The van der Waals surface area contributed by atoms with Gasteiger partial charge in [-0.3, -0.25) is 4.79 Å². The lowest BCUT2D eigenvalue weighted by Gasteiger charge is -2.09. The van der Waals surface area contributed by atoms with Crippen LogP contribution in [0.15, 0.2) is 60.8 Å². The molecule has 0 spiro atoms. The van der Waals surface area contributed by atoms with E-state index in [0.717, 1.165) is 5.56 Å². The van der Waals surface area contributed by atoms with E-state index in [1.807, 2.05) is 30.3 Å². The fraction of sp³-hybridized carbons (Fsp3) is 0.143. The molecule has 1 aromatic heterocycles. The van der Waals surface area contributed by atoms with Crippen molar-refractivity contribution in [3.05, 3.63) is 77.6 Å². The van der Waals surface area contributed by atoms with Crippen molar-refractivity contribution in [2.24, 2.45) is 0 Å². The summed E-state index contributed by atoms with van der Waals surface area (Å²) in [5.74, 6) is -0.206. The summed E-state index contributed by atoms with van der Waals surface area (Å²) >= 11 is 0. The van der Waals surface area contributed by atoms with Crippen LogP contribution in [0.2, 0.25) is 0 Å². The Kier molecular flexibility index (Phi) is 5.56. The molecule has 6 nitrogen and oxygen atoms in total. The summed E-state index contributed by atoms with van der Waals surface area (Å²) in [5, 5.41) is 2.77. The molecule has 0 aliphatic heterocycles. The van der Waals surface area contributed by atoms with E-state index in [1.165, 1.54) is 6.20 Å². The van der Waals surface area contributed by atoms with Gasteiger partial charge in [-0.2, -0.15) is 0 Å². The second-order valence-corrected chi connectivity index (χ2v) is 5.81. The third-order valence-corrected chi connectivity index (χ3v) is 3.89. The Hall–Kier alpha value is -3.54. The second-order valence-electron chi connectivity index (χ2n) is 5.81. The van der Waals surface area contributed by atoms with Gasteiger partial charge in [0.15, 0.2) is 5.82 Å². The number of nitrogens with zero attached hydrogens (tertiary/aromatic N) is 2. The van der Waals surface area contributed by atoms with Crippen molar-refractivity contribution in [2.75, 3.05) is 11.9 Å². The van der Waals surface area contributed by atoms with E-state index in [9.17, 15) is 9.59 Å². The topological polar surface area (TPSA) is 81.2 Å². The zero-order valence-corrected chi connectivity index (χ0v) is 15.1. The molecule has 0 saturated heterocycles. The van der Waals surface area contributed by atoms with Gasteiger partial charge in [0.25, 0.3) is 5.91 Å². The van der Waals surface area contributed by atoms with Crippen molar-refractivity contribution in [1.82, 2.24) is 9.97 Å². The van der Waals surface area contributed by atoms with Gasteiger partial charge in [0.2, 0.25) is 0 Å². The molecule has 0 atom stereocenters. The third-order valence-electron chi connectivity index (χ3n) is 3.89. The van der Waals surface area contributed by atoms with Crippen LogP contribution in [-0.4, -0.2) is 28.5 Å². The van der Waals surface area contributed by atoms with E-state index in [-0.39, 0.29) is 5.91 Å². The molecule has 3 rings (SSSR count). The molecule has 6 heteroatoms. The number of esters is 1. The maximum atomic E-state index is 12.6. The molecular weight excluding hydrogens is 342 g/mol. The summed E-state index contributed by atoms with van der Waals surface area (Å²) < 4.78 is 4.98. The highest BCUT2D eigenvalue weighted by Gasteiger charge is 2.14. The molecule has 0 fully saturated rings. The number of hydrogen-bond acceptors (Lipinski definition) is 5. The quantitative estimate of drug-likeness (QED) is 0.698. The number of carbonyl (C=O) groups is 2. The third kappa shape index (κ3) is 4.36. The number of aromatic nitrogens is 2. The van der Waals surface area contributed by atoms with Crippen molar-refractivity contribution >= 4 is 17.6 Å². The Morgan fingerprint density at radius 2 is 1.85 bits per heavy atom. The highest BCUT2D eigenvalue weighted by atomic mass is 16.5. The normalized spacial score (nSPS) is 10.3. The van der Waals surface area contributed by atoms with Crippen LogP contribution in [0.5, 0.6) is 0 Å². The van der Waals surface area contributed by atoms with E-state index in [1.54, 1.807) is 38.1 Å². The van der Waals surface area contributed by atoms with Crippen LogP contribution in [0.3, 0.4) is 0 Å². The van der Waals surface area contributed by atoms with E-state index < -0.39 is 5.97 Å². The number of carbonyl (C=O) groups excluding carboxylic acids is 2. The summed E-state index contributed by atoms with van der Waals surface area (Å²) in [6, 6.07) is 16.2. The zero-order chi connectivity index (χ0) is 19.2. The number of nitrogens with one attached hydrogen (secondary N) is 1. The molecule has 3 aromatic rings. The van der Waals surface area contributed by atoms with Crippen LogP contribution in [0.4, 0.5) is 5.69 Å². The molecule has 136 valence electrons. The van der Waals surface area contributed by atoms with Crippen molar-refractivity contribution in [3.63, 3.8) is 0 Å². The number of ether oxygens (including phenoxy) is 1. The van der Waals surface area contributed by atoms with Gasteiger partial charge >= 0.3 is 5.97 Å². The van der Waals surface area contributed by atoms with Crippen LogP contribution < -0.4 is 5.32 Å². The van der Waals surface area contributed by atoms with Gasteiger partial charge in [-0.05, 0) is 32.0 Å². The maximum absolute atomic E-state index is 12.6. The predicted octanol–water partition coefficient (Wildman–Crippen LogP) is 3.88. The molecule has 0 radical (unpaired) electrons. The highest BCUT2D eigenvalue weighted by molar-refractivity contribution is 6.05. The first kappa shape index (κ1) is 18.3. The average molecular weight is 361 g/mol. The Morgan fingerprint density at radius 3 is 2.56 bits per heavy atom. The maximum Gasteiger partial charge on any atom is 0.338 e. The fourth-order valence-corrected chi connectivity index (χ4v) is 2.55. The van der Waals surface area contributed by atoms with E-state index in [0.29, 0.717) is 34.9 Å². The van der Waals surface area contributed by atoms with Crippen molar-refractivity contribution in [3.8, 4) is 11.4 Å². The first-order chi connectivity index (χ1) is 13.1. The van der Waals surface area contributed by atoms with Gasteiger partial charge in [-0.15, -0.1) is 0 Å². The molecule has 0 aliphatic carbocycles. The molecule has 0 aliphatic rings. The number of rotatable bonds is 5. The van der Waals surface area contributed by atoms with Crippen LogP contribution in [0.1, 0.15) is 33.3 Å². The molecule has 0 bridgehead atoms. The first-order valence-electron chi connectivity index (χ1n) is 8.56. The molecule has 27 heavy (non-hydrogen) atoms. The fourth-order valence-electron chi connectivity index (χ4n) is 2.55. The van der Waals surface area contributed by atoms with Crippen LogP contribution in [0.25, 0.3) is 11.4 Å². The van der Waals surface area contributed by atoms with E-state index >= 15 is 0 Å². The second kappa shape index (κ2) is 8.23. The van der Waals surface area contributed by atoms with Gasteiger partial charge in [0.05, 0.1) is 23.4 Å². The molecule has 1 heterocycles. The van der Waals surface area contributed by atoms with Crippen LogP contribution in [0, 0.1) is 6.92 Å². The lowest BCUT2D eigenvalue weighted by molar-refractivity contribution is 0.0526. The Bertz CT molecular complexity index is 971. The first-order valence-corrected chi connectivity index (χ1v) is 8.56. The Labute approximate surface area is 157 Å². The summed E-state index contributed by atoms with van der Waals surface area (Å²) in [6.07, 6.45) is 1.51. The molecule has 0 saturated carbocycles. The van der Waals surface area contributed by atoms with Gasteiger partial charge < -0.3 is 10.1 Å². The van der Waals surface area contributed by atoms with Gasteiger partial charge in [0.1, 0.15) is 0 Å². The Morgan fingerprint density at radius 1 is 1.07 bits per heavy atom. The van der Waals surface area contributed by atoms with Crippen molar-refractivity contribution in [2.45, 2.75) is 13.8 Å². The number of benzene rings is 2. The average Bonchev–Trinajstić information content (AvgIpc) is 2.69. The van der Waals surface area contributed by atoms with Gasteiger partial charge in [-0.25, -0.2) is 14.8 Å².